The Morgan fingerprint density at radius 1 is 1.33 bits per heavy atom. The van der Waals surface area contributed by atoms with Gasteiger partial charge in [-0.25, -0.2) is 0 Å². The van der Waals surface area contributed by atoms with E-state index >= 15 is 0 Å². The fraction of sp³-hybridized carbons (Fsp3) is 0.875. The molecule has 0 bridgehead atoms. The average molecular weight is 188 g/mol. The summed E-state index contributed by atoms with van der Waals surface area (Å²) in [4.78, 5) is 0. The van der Waals surface area contributed by atoms with E-state index < -0.39 is 0 Å². The summed E-state index contributed by atoms with van der Waals surface area (Å²) in [5.74, 6) is 0. The third-order valence-electron chi connectivity index (χ3n) is 2.26. The molecule has 1 rings (SSSR count). The number of thiocarbonyl (C=S) groups is 1. The number of hydrogen-bond acceptors (Lipinski definition) is 2. The van der Waals surface area contributed by atoms with Crippen LogP contribution in [0, 0.1) is 0 Å². The zero-order valence-corrected chi connectivity index (χ0v) is 8.16. The van der Waals surface area contributed by atoms with Crippen molar-refractivity contribution in [3.8, 4) is 0 Å². The molecule has 12 heavy (non-hydrogen) atoms. The topological polar surface area (TPSA) is 44.3 Å². The molecule has 3 N–H and O–H groups in total. The van der Waals surface area contributed by atoms with Gasteiger partial charge in [-0.05, 0) is 37.9 Å². The van der Waals surface area contributed by atoms with E-state index in [4.69, 9.17) is 12.2 Å². The van der Waals surface area contributed by atoms with Crippen LogP contribution in [-0.4, -0.2) is 29.4 Å². The lowest BCUT2D eigenvalue weighted by molar-refractivity contribution is 0.120. The SMILES string of the molecule is CNC(=S)NC1CCC(O)CC1. The zero-order chi connectivity index (χ0) is 8.97. The first-order valence-electron chi connectivity index (χ1n) is 4.38. The lowest BCUT2D eigenvalue weighted by atomic mass is 9.93. The van der Waals surface area contributed by atoms with Gasteiger partial charge in [-0.2, -0.15) is 0 Å². The van der Waals surface area contributed by atoms with Gasteiger partial charge in [0.2, 0.25) is 0 Å². The number of hydrogen-bond donors (Lipinski definition) is 3. The summed E-state index contributed by atoms with van der Waals surface area (Å²) in [6, 6.07) is 0.452. The van der Waals surface area contributed by atoms with Gasteiger partial charge in [-0.3, -0.25) is 0 Å². The molecule has 0 aromatic rings. The molecule has 0 aromatic heterocycles. The second kappa shape index (κ2) is 4.62. The largest absolute Gasteiger partial charge is 0.393 e. The van der Waals surface area contributed by atoms with Crippen LogP contribution in [0.3, 0.4) is 0 Å². The van der Waals surface area contributed by atoms with E-state index in [0.29, 0.717) is 11.2 Å². The van der Waals surface area contributed by atoms with Crippen molar-refractivity contribution in [2.24, 2.45) is 0 Å². The fourth-order valence-electron chi connectivity index (χ4n) is 1.48. The van der Waals surface area contributed by atoms with Gasteiger partial charge >= 0.3 is 0 Å². The molecule has 0 radical (unpaired) electrons. The summed E-state index contributed by atoms with van der Waals surface area (Å²) < 4.78 is 0. The van der Waals surface area contributed by atoms with Gasteiger partial charge in [0.15, 0.2) is 5.11 Å². The van der Waals surface area contributed by atoms with Crippen molar-refractivity contribution < 1.29 is 5.11 Å². The van der Waals surface area contributed by atoms with Crippen molar-refractivity contribution in [3.63, 3.8) is 0 Å². The Kier molecular flexibility index (Phi) is 3.75. The molecule has 70 valence electrons. The molecule has 1 fully saturated rings. The summed E-state index contributed by atoms with van der Waals surface area (Å²) in [5, 5.41) is 16.0. The normalized spacial score (nSPS) is 29.5. The molecule has 0 spiro atoms. The molecule has 0 aromatic carbocycles. The third-order valence-corrected chi connectivity index (χ3v) is 2.58. The van der Waals surface area contributed by atoms with E-state index in [0.717, 1.165) is 25.7 Å². The van der Waals surface area contributed by atoms with E-state index in [1.54, 1.807) is 0 Å². The fourth-order valence-corrected chi connectivity index (χ4v) is 1.64. The highest BCUT2D eigenvalue weighted by Gasteiger charge is 2.19. The molecule has 0 unspecified atom stereocenters. The van der Waals surface area contributed by atoms with Crippen LogP contribution in [0.2, 0.25) is 0 Å². The maximum Gasteiger partial charge on any atom is 0.166 e. The summed E-state index contributed by atoms with van der Waals surface area (Å²) in [7, 11) is 1.81. The van der Waals surface area contributed by atoms with Crippen LogP contribution in [0.25, 0.3) is 0 Å². The van der Waals surface area contributed by atoms with Gasteiger partial charge in [0.05, 0.1) is 6.10 Å². The van der Waals surface area contributed by atoms with Crippen LogP contribution in [0.4, 0.5) is 0 Å². The molecule has 1 aliphatic rings. The second-order valence-corrected chi connectivity index (χ2v) is 3.64. The smallest absolute Gasteiger partial charge is 0.166 e. The van der Waals surface area contributed by atoms with Crippen molar-refractivity contribution in [2.45, 2.75) is 37.8 Å². The highest BCUT2D eigenvalue weighted by Crippen LogP contribution is 2.17. The Bertz CT molecular complexity index is 155. The molecule has 0 amide bonds. The minimum atomic E-state index is -0.0915. The van der Waals surface area contributed by atoms with Crippen molar-refractivity contribution in [1.29, 1.82) is 0 Å². The second-order valence-electron chi connectivity index (χ2n) is 3.23. The maximum absolute atomic E-state index is 9.24. The summed E-state index contributed by atoms with van der Waals surface area (Å²) >= 11 is 4.98. The minimum absolute atomic E-state index is 0.0915. The Labute approximate surface area is 78.5 Å². The molecule has 0 atom stereocenters. The third kappa shape index (κ3) is 2.95. The molecule has 4 heteroatoms. The summed E-state index contributed by atoms with van der Waals surface area (Å²) in [5.41, 5.74) is 0. The molecule has 1 aliphatic carbocycles. The predicted octanol–water partition coefficient (Wildman–Crippen LogP) is 0.384. The van der Waals surface area contributed by atoms with Crippen LogP contribution < -0.4 is 10.6 Å². The number of aliphatic hydroxyl groups excluding tert-OH is 1. The molecule has 0 aliphatic heterocycles. The van der Waals surface area contributed by atoms with Gasteiger partial charge in [0.25, 0.3) is 0 Å². The highest BCUT2D eigenvalue weighted by atomic mass is 32.1. The zero-order valence-electron chi connectivity index (χ0n) is 7.34. The van der Waals surface area contributed by atoms with Gasteiger partial charge in [-0.1, -0.05) is 0 Å². The number of nitrogens with one attached hydrogen (secondary N) is 2. The first-order chi connectivity index (χ1) is 5.72. The Morgan fingerprint density at radius 2 is 1.92 bits per heavy atom. The molecule has 1 saturated carbocycles. The summed E-state index contributed by atoms with van der Waals surface area (Å²) in [6.45, 7) is 0. The van der Waals surface area contributed by atoms with E-state index in [1.165, 1.54) is 0 Å². The van der Waals surface area contributed by atoms with Crippen molar-refractivity contribution in [2.75, 3.05) is 7.05 Å². The van der Waals surface area contributed by atoms with Crippen molar-refractivity contribution >= 4 is 17.3 Å². The predicted molar refractivity (Wildman–Crippen MR) is 53.1 cm³/mol. The minimum Gasteiger partial charge on any atom is -0.393 e. The van der Waals surface area contributed by atoms with E-state index in [9.17, 15) is 5.11 Å². The quantitative estimate of drug-likeness (QED) is 0.521. The van der Waals surface area contributed by atoms with Gasteiger partial charge < -0.3 is 15.7 Å². The standard InChI is InChI=1S/C8H16N2OS/c1-9-8(12)10-6-2-4-7(11)5-3-6/h6-7,11H,2-5H2,1H3,(H2,9,10,12). The van der Waals surface area contributed by atoms with Crippen LogP contribution in [0.1, 0.15) is 25.7 Å². The molecule has 3 nitrogen and oxygen atoms in total. The summed E-state index contributed by atoms with van der Waals surface area (Å²) in [6.07, 6.45) is 3.73. The van der Waals surface area contributed by atoms with E-state index in [2.05, 4.69) is 10.6 Å². The molecular formula is C8H16N2OS. The van der Waals surface area contributed by atoms with E-state index in [1.807, 2.05) is 7.05 Å². The number of rotatable bonds is 1. The van der Waals surface area contributed by atoms with Crippen molar-refractivity contribution in [1.82, 2.24) is 10.6 Å². The lowest BCUT2D eigenvalue weighted by Gasteiger charge is -2.26. The Morgan fingerprint density at radius 3 is 2.42 bits per heavy atom. The van der Waals surface area contributed by atoms with Gasteiger partial charge in [0.1, 0.15) is 0 Å². The first kappa shape index (κ1) is 9.74. The monoisotopic (exact) mass is 188 g/mol. The Balaban J connectivity index is 2.21. The van der Waals surface area contributed by atoms with Crippen LogP contribution in [0.5, 0.6) is 0 Å². The van der Waals surface area contributed by atoms with Crippen LogP contribution in [-0.2, 0) is 0 Å². The first-order valence-corrected chi connectivity index (χ1v) is 4.79. The highest BCUT2D eigenvalue weighted by molar-refractivity contribution is 7.80. The lowest BCUT2D eigenvalue weighted by Crippen LogP contribution is -2.42. The van der Waals surface area contributed by atoms with Crippen LogP contribution in [0.15, 0.2) is 0 Å². The molecule has 0 saturated heterocycles. The van der Waals surface area contributed by atoms with Crippen LogP contribution >= 0.6 is 12.2 Å². The van der Waals surface area contributed by atoms with Gasteiger partial charge in [-0.15, -0.1) is 0 Å². The molecule has 0 heterocycles. The van der Waals surface area contributed by atoms with E-state index in [-0.39, 0.29) is 6.10 Å². The molecular weight excluding hydrogens is 172 g/mol. The maximum atomic E-state index is 9.24. The van der Waals surface area contributed by atoms with Crippen molar-refractivity contribution in [3.05, 3.63) is 0 Å². The van der Waals surface area contributed by atoms with Gasteiger partial charge in [0, 0.05) is 13.1 Å². The average Bonchev–Trinajstić information content (AvgIpc) is 2.09. The Hall–Kier alpha value is -0.350. The number of aliphatic hydroxyl groups is 1.